The number of aryl methyl sites for hydroxylation is 1. The summed E-state index contributed by atoms with van der Waals surface area (Å²) < 4.78 is 29.8. The summed E-state index contributed by atoms with van der Waals surface area (Å²) in [5.41, 5.74) is 3.35. The highest BCUT2D eigenvalue weighted by atomic mass is 16.5. The quantitative estimate of drug-likeness (QED) is 0.172. The smallest absolute Gasteiger partial charge is 0.251 e. The highest BCUT2D eigenvalue weighted by Gasteiger charge is 2.18. The summed E-state index contributed by atoms with van der Waals surface area (Å²) in [5, 5.41) is 2.97. The molecule has 1 aromatic heterocycles. The average Bonchev–Trinajstić information content (AvgIpc) is 3.34. The summed E-state index contributed by atoms with van der Waals surface area (Å²) in [7, 11) is 6.18. The van der Waals surface area contributed by atoms with Gasteiger partial charge in [0.1, 0.15) is 5.82 Å². The van der Waals surface area contributed by atoms with Crippen molar-refractivity contribution in [3.63, 3.8) is 0 Å². The highest BCUT2D eigenvalue weighted by molar-refractivity contribution is 5.95. The van der Waals surface area contributed by atoms with Crippen molar-refractivity contribution in [1.82, 2.24) is 14.9 Å². The van der Waals surface area contributed by atoms with E-state index in [9.17, 15) is 4.79 Å². The third-order valence-electron chi connectivity index (χ3n) is 6.46. The van der Waals surface area contributed by atoms with Gasteiger partial charge >= 0.3 is 0 Å². The van der Waals surface area contributed by atoms with Crippen molar-refractivity contribution in [1.29, 1.82) is 0 Å². The summed E-state index contributed by atoms with van der Waals surface area (Å²) >= 11 is 0. The Morgan fingerprint density at radius 1 is 0.925 bits per heavy atom. The predicted octanol–water partition coefficient (Wildman–Crippen LogP) is 5.20. The number of benzene rings is 3. The van der Waals surface area contributed by atoms with Gasteiger partial charge in [-0.25, -0.2) is 4.98 Å². The number of nitrogens with zero attached hydrogens (tertiary/aromatic N) is 2. The van der Waals surface area contributed by atoms with E-state index in [1.807, 2.05) is 48.5 Å². The number of hydrogen-bond acceptors (Lipinski definition) is 7. The van der Waals surface area contributed by atoms with Crippen molar-refractivity contribution < 1.29 is 28.5 Å². The Morgan fingerprint density at radius 3 is 2.33 bits per heavy atom. The van der Waals surface area contributed by atoms with E-state index in [4.69, 9.17) is 28.7 Å². The fourth-order valence-electron chi connectivity index (χ4n) is 4.51. The maximum atomic E-state index is 13.1. The largest absolute Gasteiger partial charge is 0.493 e. The molecule has 40 heavy (non-hydrogen) atoms. The first-order chi connectivity index (χ1) is 19.5. The number of rotatable bonds is 14. The molecule has 1 N–H and O–H groups in total. The second kappa shape index (κ2) is 13.4. The van der Waals surface area contributed by atoms with Gasteiger partial charge in [-0.2, -0.15) is 0 Å². The van der Waals surface area contributed by atoms with E-state index in [1.54, 1.807) is 19.2 Å². The van der Waals surface area contributed by atoms with Gasteiger partial charge in [0.2, 0.25) is 5.75 Å². The first kappa shape index (κ1) is 28.4. The Labute approximate surface area is 234 Å². The number of aromatic nitrogens is 2. The predicted molar refractivity (Wildman–Crippen MR) is 154 cm³/mol. The van der Waals surface area contributed by atoms with Crippen LogP contribution in [0.3, 0.4) is 0 Å². The van der Waals surface area contributed by atoms with Crippen molar-refractivity contribution in [2.24, 2.45) is 0 Å². The Morgan fingerprint density at radius 2 is 1.65 bits per heavy atom. The number of methoxy groups -OCH3 is 4. The topological polar surface area (TPSA) is 93.1 Å². The Kier molecular flexibility index (Phi) is 9.51. The van der Waals surface area contributed by atoms with Gasteiger partial charge in [-0.3, -0.25) is 4.79 Å². The number of allylic oxidation sites excluding steroid dienone is 1. The van der Waals surface area contributed by atoms with E-state index in [0.717, 1.165) is 35.3 Å². The van der Waals surface area contributed by atoms with Crippen molar-refractivity contribution in [2.75, 3.05) is 35.0 Å². The molecular weight excluding hydrogens is 510 g/mol. The maximum Gasteiger partial charge on any atom is 0.251 e. The van der Waals surface area contributed by atoms with Crippen LogP contribution < -0.4 is 29.0 Å². The number of carbonyl (C=O) groups is 1. The third kappa shape index (κ3) is 6.31. The first-order valence-corrected chi connectivity index (χ1v) is 13.0. The van der Waals surface area contributed by atoms with Crippen LogP contribution >= 0.6 is 0 Å². The van der Waals surface area contributed by atoms with Gasteiger partial charge in [0, 0.05) is 12.1 Å². The minimum Gasteiger partial charge on any atom is -0.493 e. The zero-order valence-corrected chi connectivity index (χ0v) is 23.4. The number of imidazole rings is 1. The molecule has 0 aliphatic heterocycles. The molecule has 1 amide bonds. The Bertz CT molecular complexity index is 1450. The Hall–Kier alpha value is -4.66. The summed E-state index contributed by atoms with van der Waals surface area (Å²) in [6, 6.07) is 17.1. The zero-order valence-electron chi connectivity index (χ0n) is 23.4. The number of hydrogen-bond donors (Lipinski definition) is 1. The molecule has 0 atom stereocenters. The lowest BCUT2D eigenvalue weighted by Crippen LogP contribution is -2.25. The molecular formula is C31H35N3O6. The van der Waals surface area contributed by atoms with E-state index >= 15 is 0 Å². The van der Waals surface area contributed by atoms with Gasteiger partial charge < -0.3 is 33.6 Å². The molecule has 0 saturated carbocycles. The molecule has 0 saturated heterocycles. The summed E-state index contributed by atoms with van der Waals surface area (Å²) in [6.45, 7) is 5.17. The normalized spacial score (nSPS) is 10.7. The minimum atomic E-state index is -0.284. The molecule has 3 aromatic carbocycles. The fraction of sp³-hybridized carbons (Fsp3) is 0.290. The molecule has 210 valence electrons. The van der Waals surface area contributed by atoms with E-state index in [-0.39, 0.29) is 12.5 Å². The van der Waals surface area contributed by atoms with Crippen LogP contribution in [0.4, 0.5) is 0 Å². The first-order valence-electron chi connectivity index (χ1n) is 13.0. The zero-order chi connectivity index (χ0) is 28.5. The molecule has 4 aromatic rings. The molecule has 0 radical (unpaired) electrons. The highest BCUT2D eigenvalue weighted by Crippen LogP contribution is 2.38. The lowest BCUT2D eigenvalue weighted by atomic mass is 10.1. The molecule has 4 rings (SSSR count). The Balaban J connectivity index is 1.45. The van der Waals surface area contributed by atoms with Crippen LogP contribution in [-0.2, 0) is 19.5 Å². The second-order valence-corrected chi connectivity index (χ2v) is 8.95. The standard InChI is InChI=1S/C31H35N3O6/c1-6-10-21-13-14-25(26(17-21)36-2)40-16-9-15-34-24-12-8-7-11-23(24)33-29(34)20-32-31(35)22-18-27(37-3)30(39-5)28(19-22)38-4/h6-8,11-14,17-19H,1,9-10,15-16,20H2,2-5H3,(H,32,35). The van der Waals surface area contributed by atoms with Crippen LogP contribution in [-0.4, -0.2) is 50.5 Å². The third-order valence-corrected chi connectivity index (χ3v) is 6.46. The lowest BCUT2D eigenvalue weighted by Gasteiger charge is -2.15. The van der Waals surface area contributed by atoms with Crippen molar-refractivity contribution >= 4 is 16.9 Å². The van der Waals surface area contributed by atoms with Crippen LogP contribution in [0, 0.1) is 0 Å². The molecule has 0 unspecified atom stereocenters. The summed E-state index contributed by atoms with van der Waals surface area (Å²) in [4.78, 5) is 17.9. The van der Waals surface area contributed by atoms with E-state index in [1.165, 1.54) is 21.3 Å². The van der Waals surface area contributed by atoms with Gasteiger partial charge in [-0.1, -0.05) is 24.3 Å². The molecule has 9 heteroatoms. The van der Waals surface area contributed by atoms with Crippen LogP contribution in [0.25, 0.3) is 11.0 Å². The molecule has 0 aliphatic carbocycles. The van der Waals surface area contributed by atoms with Gasteiger partial charge in [0.25, 0.3) is 5.91 Å². The number of para-hydroxylation sites is 2. The van der Waals surface area contributed by atoms with Gasteiger partial charge in [-0.05, 0) is 54.8 Å². The number of fused-ring (bicyclic) bond motifs is 1. The van der Waals surface area contributed by atoms with Crippen LogP contribution in [0.15, 0.2) is 67.3 Å². The number of ether oxygens (including phenoxy) is 5. The number of amides is 1. The van der Waals surface area contributed by atoms with Gasteiger partial charge in [0.15, 0.2) is 23.0 Å². The fourth-order valence-corrected chi connectivity index (χ4v) is 4.51. The summed E-state index contributed by atoms with van der Waals surface area (Å²) in [6.07, 6.45) is 3.35. The number of nitrogens with one attached hydrogen (secondary N) is 1. The monoisotopic (exact) mass is 545 g/mol. The molecule has 1 heterocycles. The summed E-state index contributed by atoms with van der Waals surface area (Å²) in [5.74, 6) is 3.10. The minimum absolute atomic E-state index is 0.240. The molecule has 0 spiro atoms. The van der Waals surface area contributed by atoms with Gasteiger partial charge in [-0.15, -0.1) is 6.58 Å². The molecule has 0 bridgehead atoms. The van der Waals surface area contributed by atoms with Crippen LogP contribution in [0.1, 0.15) is 28.2 Å². The molecule has 0 fully saturated rings. The van der Waals surface area contributed by atoms with Crippen molar-refractivity contribution in [3.05, 3.63) is 84.2 Å². The SMILES string of the molecule is C=CCc1ccc(OCCCn2c(CNC(=O)c3cc(OC)c(OC)c(OC)c3)nc3ccccc32)c(OC)c1. The van der Waals surface area contributed by atoms with Crippen molar-refractivity contribution in [3.8, 4) is 28.7 Å². The second-order valence-electron chi connectivity index (χ2n) is 8.95. The van der Waals surface area contributed by atoms with E-state index < -0.39 is 0 Å². The van der Waals surface area contributed by atoms with E-state index in [0.29, 0.717) is 47.5 Å². The van der Waals surface area contributed by atoms with E-state index in [2.05, 4.69) is 16.5 Å². The lowest BCUT2D eigenvalue weighted by molar-refractivity contribution is 0.0948. The number of carbonyl (C=O) groups excluding carboxylic acids is 1. The van der Waals surface area contributed by atoms with Crippen LogP contribution in [0.5, 0.6) is 28.7 Å². The molecule has 0 aliphatic rings. The maximum absolute atomic E-state index is 13.1. The van der Waals surface area contributed by atoms with Gasteiger partial charge in [0.05, 0.1) is 52.6 Å². The average molecular weight is 546 g/mol. The van der Waals surface area contributed by atoms with Crippen LogP contribution in [0.2, 0.25) is 0 Å². The molecule has 9 nitrogen and oxygen atoms in total. The van der Waals surface area contributed by atoms with Crippen molar-refractivity contribution in [2.45, 2.75) is 25.9 Å².